The zero-order valence-corrected chi connectivity index (χ0v) is 8.98. The van der Waals surface area contributed by atoms with Crippen molar-refractivity contribution >= 4 is 17.3 Å². The van der Waals surface area contributed by atoms with Crippen LogP contribution in [0.5, 0.6) is 0 Å². The number of nitrogens with zero attached hydrogens (tertiary/aromatic N) is 2. The summed E-state index contributed by atoms with van der Waals surface area (Å²) in [5, 5.41) is 8.79. The van der Waals surface area contributed by atoms with Crippen LogP contribution >= 0.6 is 0 Å². The van der Waals surface area contributed by atoms with Gasteiger partial charge in [0.15, 0.2) is 0 Å². The number of rotatable bonds is 2. The topological polar surface area (TPSA) is 41.7 Å². The van der Waals surface area contributed by atoms with Crippen molar-refractivity contribution in [1.82, 2.24) is 4.48 Å². The van der Waals surface area contributed by atoms with Gasteiger partial charge in [-0.2, -0.15) is 0 Å². The standard InChI is InChI=1S/C11H12N2O2/c1-12-9-7-8(11(14)15)5-6-10(9)13(2,3)4/h5-7H,2-4H3/p+1. The molecule has 0 heterocycles. The monoisotopic (exact) mass is 205 g/mol. The first kappa shape index (κ1) is 11.2. The summed E-state index contributed by atoms with van der Waals surface area (Å²) in [5.74, 6) is -1.01. The van der Waals surface area contributed by atoms with Crippen LogP contribution in [0, 0.1) is 6.57 Å². The molecule has 0 aliphatic rings. The van der Waals surface area contributed by atoms with Crippen LogP contribution in [0.3, 0.4) is 0 Å². The van der Waals surface area contributed by atoms with Gasteiger partial charge >= 0.3 is 5.97 Å². The van der Waals surface area contributed by atoms with Gasteiger partial charge in [0.25, 0.3) is 0 Å². The molecule has 4 heteroatoms. The second kappa shape index (κ2) is 3.71. The third kappa shape index (κ3) is 2.33. The summed E-state index contributed by atoms with van der Waals surface area (Å²) in [6.45, 7) is 7.02. The number of hydrogen-bond donors (Lipinski definition) is 1. The Morgan fingerprint density at radius 1 is 1.40 bits per heavy atom. The van der Waals surface area contributed by atoms with Gasteiger partial charge in [0.2, 0.25) is 5.69 Å². The molecule has 0 aliphatic carbocycles. The van der Waals surface area contributed by atoms with Crippen LogP contribution in [0.1, 0.15) is 10.4 Å². The van der Waals surface area contributed by atoms with Crippen molar-refractivity contribution in [2.45, 2.75) is 0 Å². The highest BCUT2D eigenvalue weighted by Gasteiger charge is 2.19. The maximum atomic E-state index is 10.7. The molecule has 1 rings (SSSR count). The van der Waals surface area contributed by atoms with Gasteiger partial charge in [-0.3, -0.25) is 0 Å². The SMILES string of the molecule is [C-]#[N+]c1cc(C(=O)O)ccc1[N+](C)(C)C. The second-order valence-corrected chi connectivity index (χ2v) is 4.13. The highest BCUT2D eigenvalue weighted by Crippen LogP contribution is 2.31. The molecule has 1 N–H and O–H groups in total. The van der Waals surface area contributed by atoms with Crippen molar-refractivity contribution in [2.75, 3.05) is 21.1 Å². The zero-order chi connectivity index (χ0) is 11.6. The van der Waals surface area contributed by atoms with Crippen molar-refractivity contribution < 1.29 is 9.90 Å². The van der Waals surface area contributed by atoms with Crippen LogP contribution in [0.2, 0.25) is 0 Å². The predicted octanol–water partition coefficient (Wildman–Crippen LogP) is 2.13. The fraction of sp³-hybridized carbons (Fsp3) is 0.273. The predicted molar refractivity (Wildman–Crippen MR) is 59.2 cm³/mol. The van der Waals surface area contributed by atoms with Gasteiger partial charge in [-0.05, 0) is 18.2 Å². The Morgan fingerprint density at radius 2 is 2.00 bits per heavy atom. The number of carboxylic acids is 1. The lowest BCUT2D eigenvalue weighted by Gasteiger charge is -2.24. The second-order valence-electron chi connectivity index (χ2n) is 4.13. The molecule has 0 saturated carbocycles. The number of carboxylic acid groups (broad SMARTS) is 1. The minimum absolute atomic E-state index is 0.151. The van der Waals surface area contributed by atoms with Gasteiger partial charge in [0, 0.05) is 5.56 Å². The summed E-state index contributed by atoms with van der Waals surface area (Å²) < 4.78 is 0.498. The first-order chi connectivity index (χ1) is 6.86. The molecule has 1 aromatic carbocycles. The van der Waals surface area contributed by atoms with Crippen molar-refractivity contribution in [3.63, 3.8) is 0 Å². The maximum absolute atomic E-state index is 10.7. The van der Waals surface area contributed by atoms with Gasteiger partial charge in [0.05, 0.1) is 27.7 Å². The molecule has 0 saturated heterocycles. The molecular weight excluding hydrogens is 192 g/mol. The number of aromatic carboxylic acids is 1. The Morgan fingerprint density at radius 3 is 2.40 bits per heavy atom. The molecule has 0 aliphatic heterocycles. The van der Waals surface area contributed by atoms with Crippen LogP contribution in [0.25, 0.3) is 4.85 Å². The minimum Gasteiger partial charge on any atom is -0.478 e. The van der Waals surface area contributed by atoms with Crippen LogP contribution in [-0.2, 0) is 0 Å². The molecule has 0 fully saturated rings. The van der Waals surface area contributed by atoms with Gasteiger partial charge in [-0.1, -0.05) is 0 Å². The molecular formula is C11H13N2O2+. The number of carbonyl (C=O) groups is 1. The molecule has 1 aromatic rings. The van der Waals surface area contributed by atoms with Gasteiger partial charge in [0.1, 0.15) is 5.69 Å². The lowest BCUT2D eigenvalue weighted by molar-refractivity contribution is 0.0697. The van der Waals surface area contributed by atoms with E-state index in [1.165, 1.54) is 12.1 Å². The minimum atomic E-state index is -1.01. The Bertz CT molecular complexity index is 439. The molecule has 0 bridgehead atoms. The smallest absolute Gasteiger partial charge is 0.334 e. The molecule has 0 amide bonds. The lowest BCUT2D eigenvalue weighted by atomic mass is 10.1. The fourth-order valence-electron chi connectivity index (χ4n) is 1.31. The van der Waals surface area contributed by atoms with Gasteiger partial charge in [-0.15, -0.1) is 0 Å². The summed E-state index contributed by atoms with van der Waals surface area (Å²) in [4.78, 5) is 14.1. The highest BCUT2D eigenvalue weighted by atomic mass is 16.4. The average molecular weight is 205 g/mol. The molecule has 0 unspecified atom stereocenters. The summed E-state index contributed by atoms with van der Waals surface area (Å²) in [5.41, 5.74) is 1.36. The van der Waals surface area contributed by atoms with Crippen LogP contribution in [0.4, 0.5) is 11.4 Å². The summed E-state index contributed by atoms with van der Waals surface area (Å²) >= 11 is 0. The van der Waals surface area contributed by atoms with E-state index in [2.05, 4.69) is 4.85 Å². The van der Waals surface area contributed by atoms with E-state index in [0.717, 1.165) is 5.69 Å². The van der Waals surface area contributed by atoms with E-state index in [9.17, 15) is 4.79 Å². The first-order valence-electron chi connectivity index (χ1n) is 4.43. The van der Waals surface area contributed by atoms with Crippen LogP contribution < -0.4 is 4.48 Å². The molecule has 0 aromatic heterocycles. The Kier molecular flexibility index (Phi) is 2.78. The van der Waals surface area contributed by atoms with Crippen molar-refractivity contribution in [2.24, 2.45) is 0 Å². The fourth-order valence-corrected chi connectivity index (χ4v) is 1.31. The molecule has 78 valence electrons. The lowest BCUT2D eigenvalue weighted by Crippen LogP contribution is -2.34. The third-order valence-electron chi connectivity index (χ3n) is 2.07. The Hall–Kier alpha value is -1.86. The van der Waals surface area contributed by atoms with E-state index < -0.39 is 5.97 Å². The van der Waals surface area contributed by atoms with Crippen LogP contribution in [0.15, 0.2) is 18.2 Å². The van der Waals surface area contributed by atoms with Crippen LogP contribution in [-0.4, -0.2) is 32.2 Å². The molecule has 0 atom stereocenters. The van der Waals surface area contributed by atoms with Crippen molar-refractivity contribution in [1.29, 1.82) is 0 Å². The Balaban J connectivity index is 3.36. The van der Waals surface area contributed by atoms with E-state index >= 15 is 0 Å². The van der Waals surface area contributed by atoms with E-state index in [1.807, 2.05) is 21.1 Å². The van der Waals surface area contributed by atoms with Crippen molar-refractivity contribution in [3.8, 4) is 0 Å². The largest absolute Gasteiger partial charge is 0.478 e. The molecule has 0 radical (unpaired) electrons. The third-order valence-corrected chi connectivity index (χ3v) is 2.07. The van der Waals surface area contributed by atoms with E-state index in [1.54, 1.807) is 6.07 Å². The van der Waals surface area contributed by atoms with Gasteiger partial charge < -0.3 is 9.59 Å². The van der Waals surface area contributed by atoms with Crippen molar-refractivity contribution in [3.05, 3.63) is 35.2 Å². The Labute approximate surface area is 88.8 Å². The summed E-state index contributed by atoms with van der Waals surface area (Å²) in [6.07, 6.45) is 0. The summed E-state index contributed by atoms with van der Waals surface area (Å²) in [6, 6.07) is 4.63. The maximum Gasteiger partial charge on any atom is 0.334 e. The molecule has 15 heavy (non-hydrogen) atoms. The zero-order valence-electron chi connectivity index (χ0n) is 8.98. The van der Waals surface area contributed by atoms with E-state index in [0.29, 0.717) is 10.2 Å². The number of quaternary nitrogens is 1. The number of hydrogen-bond acceptors (Lipinski definition) is 1. The quantitative estimate of drug-likeness (QED) is 0.593. The molecule has 4 nitrogen and oxygen atoms in total. The summed E-state index contributed by atoms with van der Waals surface area (Å²) in [7, 11) is 5.80. The number of benzene rings is 1. The highest BCUT2D eigenvalue weighted by molar-refractivity contribution is 5.90. The molecule has 0 spiro atoms. The van der Waals surface area contributed by atoms with Gasteiger partial charge in [-0.25, -0.2) is 9.64 Å². The normalized spacial score (nSPS) is 10.8. The first-order valence-corrected chi connectivity index (χ1v) is 4.43. The van der Waals surface area contributed by atoms with E-state index in [4.69, 9.17) is 11.7 Å². The average Bonchev–Trinajstić information content (AvgIpc) is 2.15. The van der Waals surface area contributed by atoms with E-state index in [-0.39, 0.29) is 5.56 Å².